The Morgan fingerprint density at radius 1 is 1.40 bits per heavy atom. The molecule has 2 aromatic rings. The minimum Gasteiger partial charge on any atom is -0.369 e. The number of rotatable bonds is 5. The SMILES string of the molecule is CCCNc1nc(-c2ccn(C)n2)nc(C2CC2)c1I. The van der Waals surface area contributed by atoms with Gasteiger partial charge in [0.05, 0.1) is 9.26 Å². The molecule has 0 bridgehead atoms. The van der Waals surface area contributed by atoms with Crippen molar-refractivity contribution in [1.82, 2.24) is 19.7 Å². The molecule has 0 spiro atoms. The molecule has 0 unspecified atom stereocenters. The standard InChI is InChI=1S/C14H18IN5/c1-3-7-16-14-11(15)12(9-4-5-9)17-13(18-14)10-6-8-20(2)19-10/h6,8-9H,3-5,7H2,1-2H3,(H,16,17,18). The van der Waals surface area contributed by atoms with E-state index in [0.29, 0.717) is 5.92 Å². The fourth-order valence-corrected chi connectivity index (χ4v) is 2.97. The van der Waals surface area contributed by atoms with Crippen LogP contribution in [-0.2, 0) is 7.05 Å². The van der Waals surface area contributed by atoms with Crippen LogP contribution in [0.15, 0.2) is 12.3 Å². The van der Waals surface area contributed by atoms with Gasteiger partial charge in [-0.05, 0) is 47.9 Å². The number of anilines is 1. The highest BCUT2D eigenvalue weighted by molar-refractivity contribution is 14.1. The zero-order valence-electron chi connectivity index (χ0n) is 11.7. The van der Waals surface area contributed by atoms with Crippen molar-refractivity contribution in [3.8, 4) is 11.5 Å². The van der Waals surface area contributed by atoms with Gasteiger partial charge in [0.1, 0.15) is 11.5 Å². The molecule has 6 heteroatoms. The predicted octanol–water partition coefficient (Wildman–Crippen LogP) is 3.18. The van der Waals surface area contributed by atoms with Crippen LogP contribution in [0.5, 0.6) is 0 Å². The Kier molecular flexibility index (Phi) is 3.91. The highest BCUT2D eigenvalue weighted by atomic mass is 127. The largest absolute Gasteiger partial charge is 0.369 e. The lowest BCUT2D eigenvalue weighted by Crippen LogP contribution is -2.09. The molecule has 20 heavy (non-hydrogen) atoms. The van der Waals surface area contributed by atoms with Gasteiger partial charge in [-0.1, -0.05) is 6.92 Å². The van der Waals surface area contributed by atoms with Crippen LogP contribution in [0.4, 0.5) is 5.82 Å². The van der Waals surface area contributed by atoms with Crippen LogP contribution in [-0.4, -0.2) is 26.3 Å². The Balaban J connectivity index is 2.03. The van der Waals surface area contributed by atoms with Crippen LogP contribution < -0.4 is 5.32 Å². The minimum atomic E-state index is 0.606. The zero-order chi connectivity index (χ0) is 14.1. The number of nitrogens with one attached hydrogen (secondary N) is 1. The molecule has 2 aromatic heterocycles. The van der Waals surface area contributed by atoms with Crippen molar-refractivity contribution in [2.24, 2.45) is 7.05 Å². The number of aromatic nitrogens is 4. The van der Waals surface area contributed by atoms with E-state index in [1.165, 1.54) is 22.1 Å². The summed E-state index contributed by atoms with van der Waals surface area (Å²) < 4.78 is 2.95. The van der Waals surface area contributed by atoms with Gasteiger partial charge in [-0.25, -0.2) is 9.97 Å². The van der Waals surface area contributed by atoms with Gasteiger partial charge >= 0.3 is 0 Å². The van der Waals surface area contributed by atoms with Crippen molar-refractivity contribution in [1.29, 1.82) is 0 Å². The Bertz CT molecular complexity index is 618. The summed E-state index contributed by atoms with van der Waals surface area (Å²) in [5.41, 5.74) is 2.02. The number of nitrogens with zero attached hydrogens (tertiary/aromatic N) is 4. The molecule has 0 aliphatic heterocycles. The maximum absolute atomic E-state index is 4.75. The van der Waals surface area contributed by atoms with E-state index in [1.54, 1.807) is 4.68 Å². The van der Waals surface area contributed by atoms with Gasteiger partial charge in [0, 0.05) is 25.7 Å². The van der Waals surface area contributed by atoms with Crippen molar-refractivity contribution >= 4 is 28.4 Å². The maximum atomic E-state index is 4.75. The minimum absolute atomic E-state index is 0.606. The van der Waals surface area contributed by atoms with E-state index >= 15 is 0 Å². The van der Waals surface area contributed by atoms with Crippen LogP contribution in [0, 0.1) is 3.57 Å². The van der Waals surface area contributed by atoms with Gasteiger partial charge < -0.3 is 5.32 Å². The van der Waals surface area contributed by atoms with E-state index in [4.69, 9.17) is 4.98 Å². The van der Waals surface area contributed by atoms with E-state index in [0.717, 1.165) is 30.3 Å². The van der Waals surface area contributed by atoms with Gasteiger partial charge in [-0.15, -0.1) is 0 Å². The highest BCUT2D eigenvalue weighted by Crippen LogP contribution is 2.42. The molecule has 5 nitrogen and oxygen atoms in total. The fourth-order valence-electron chi connectivity index (χ4n) is 2.10. The van der Waals surface area contributed by atoms with Crippen molar-refractivity contribution < 1.29 is 0 Å². The Labute approximate surface area is 132 Å². The summed E-state index contributed by atoms with van der Waals surface area (Å²) >= 11 is 2.36. The Hall–Kier alpha value is -1.18. The first-order chi connectivity index (χ1) is 9.69. The van der Waals surface area contributed by atoms with Gasteiger partial charge in [0.25, 0.3) is 0 Å². The van der Waals surface area contributed by atoms with E-state index < -0.39 is 0 Å². The maximum Gasteiger partial charge on any atom is 0.182 e. The monoisotopic (exact) mass is 383 g/mol. The number of halogens is 1. The molecular weight excluding hydrogens is 365 g/mol. The van der Waals surface area contributed by atoms with E-state index in [-0.39, 0.29) is 0 Å². The Morgan fingerprint density at radius 3 is 2.80 bits per heavy atom. The molecule has 0 saturated heterocycles. The summed E-state index contributed by atoms with van der Waals surface area (Å²) in [5.74, 6) is 2.28. The first kappa shape index (κ1) is 13.8. The molecule has 106 valence electrons. The van der Waals surface area contributed by atoms with Crippen molar-refractivity contribution in [3.05, 3.63) is 21.5 Å². The van der Waals surface area contributed by atoms with Crippen LogP contribution in [0.1, 0.15) is 37.8 Å². The van der Waals surface area contributed by atoms with Gasteiger partial charge in [-0.3, -0.25) is 4.68 Å². The summed E-state index contributed by atoms with van der Waals surface area (Å²) in [6.07, 6.45) is 5.48. The second kappa shape index (κ2) is 5.67. The number of hydrogen-bond acceptors (Lipinski definition) is 4. The van der Waals surface area contributed by atoms with Crippen molar-refractivity contribution in [2.75, 3.05) is 11.9 Å². The van der Waals surface area contributed by atoms with Crippen LogP contribution >= 0.6 is 22.6 Å². The quantitative estimate of drug-likeness (QED) is 0.806. The zero-order valence-corrected chi connectivity index (χ0v) is 13.9. The summed E-state index contributed by atoms with van der Waals surface area (Å²) in [5, 5.41) is 7.82. The first-order valence-corrected chi connectivity index (χ1v) is 8.08. The van der Waals surface area contributed by atoms with Crippen molar-refractivity contribution in [3.63, 3.8) is 0 Å². The molecule has 0 atom stereocenters. The summed E-state index contributed by atoms with van der Waals surface area (Å²) in [4.78, 5) is 9.41. The molecule has 1 N–H and O–H groups in total. The smallest absolute Gasteiger partial charge is 0.182 e. The number of hydrogen-bond donors (Lipinski definition) is 1. The summed E-state index contributed by atoms with van der Waals surface area (Å²) in [6, 6.07) is 1.96. The topological polar surface area (TPSA) is 55.6 Å². The molecular formula is C14H18IN5. The average Bonchev–Trinajstić information content (AvgIpc) is 3.19. The lowest BCUT2D eigenvalue weighted by molar-refractivity contribution is 0.768. The van der Waals surface area contributed by atoms with Crippen LogP contribution in [0.2, 0.25) is 0 Å². The molecule has 0 aromatic carbocycles. The molecule has 1 fully saturated rings. The van der Waals surface area contributed by atoms with Gasteiger partial charge in [0.2, 0.25) is 0 Å². The predicted molar refractivity (Wildman–Crippen MR) is 87.7 cm³/mol. The normalized spacial score (nSPS) is 14.6. The molecule has 1 saturated carbocycles. The van der Waals surface area contributed by atoms with Gasteiger partial charge in [-0.2, -0.15) is 5.10 Å². The first-order valence-electron chi connectivity index (χ1n) is 7.00. The second-order valence-electron chi connectivity index (χ2n) is 5.17. The molecule has 1 aliphatic rings. The van der Waals surface area contributed by atoms with Crippen LogP contribution in [0.25, 0.3) is 11.5 Å². The van der Waals surface area contributed by atoms with Crippen LogP contribution in [0.3, 0.4) is 0 Å². The molecule has 3 rings (SSSR count). The van der Waals surface area contributed by atoms with Gasteiger partial charge in [0.15, 0.2) is 5.82 Å². The Morgan fingerprint density at radius 2 is 2.20 bits per heavy atom. The molecule has 0 amide bonds. The third kappa shape index (κ3) is 2.79. The highest BCUT2D eigenvalue weighted by Gasteiger charge is 2.29. The third-order valence-electron chi connectivity index (χ3n) is 3.33. The summed E-state index contributed by atoms with van der Waals surface area (Å²) in [7, 11) is 1.91. The van der Waals surface area contributed by atoms with E-state index in [2.05, 4.69) is 44.9 Å². The lowest BCUT2D eigenvalue weighted by atomic mass is 10.2. The molecule has 0 radical (unpaired) electrons. The van der Waals surface area contributed by atoms with Crippen molar-refractivity contribution in [2.45, 2.75) is 32.1 Å². The van der Waals surface area contributed by atoms with E-state index in [9.17, 15) is 0 Å². The average molecular weight is 383 g/mol. The third-order valence-corrected chi connectivity index (χ3v) is 4.39. The fraction of sp³-hybridized carbons (Fsp3) is 0.500. The summed E-state index contributed by atoms with van der Waals surface area (Å²) in [6.45, 7) is 3.08. The molecule has 1 aliphatic carbocycles. The molecule has 2 heterocycles. The second-order valence-corrected chi connectivity index (χ2v) is 6.25. The van der Waals surface area contributed by atoms with E-state index in [1.807, 2.05) is 19.3 Å². The number of aryl methyl sites for hydroxylation is 1. The lowest BCUT2D eigenvalue weighted by Gasteiger charge is -2.11.